The van der Waals surface area contributed by atoms with Gasteiger partial charge in [0, 0.05) is 23.7 Å². The van der Waals surface area contributed by atoms with Crippen LogP contribution in [0, 0.1) is 0 Å². The summed E-state index contributed by atoms with van der Waals surface area (Å²) in [7, 11) is 0. The van der Waals surface area contributed by atoms with E-state index in [0.29, 0.717) is 13.2 Å². The zero-order valence-corrected chi connectivity index (χ0v) is 17.0. The SMILES string of the molecule is Cl.Cl.OCCNCCCNCc1ccccc1OCc1ccc(Cl)cc1. The van der Waals surface area contributed by atoms with Crippen molar-refractivity contribution in [3.63, 3.8) is 0 Å². The number of para-hydroxylation sites is 1. The van der Waals surface area contributed by atoms with Gasteiger partial charge in [0.2, 0.25) is 0 Å². The summed E-state index contributed by atoms with van der Waals surface area (Å²) in [5, 5.41) is 16.0. The van der Waals surface area contributed by atoms with Gasteiger partial charge in [0.05, 0.1) is 6.61 Å². The van der Waals surface area contributed by atoms with Crippen LogP contribution in [0.2, 0.25) is 5.02 Å². The normalized spacial score (nSPS) is 9.92. The topological polar surface area (TPSA) is 53.5 Å². The summed E-state index contributed by atoms with van der Waals surface area (Å²) in [6, 6.07) is 15.8. The number of rotatable bonds is 11. The van der Waals surface area contributed by atoms with Crippen molar-refractivity contribution in [1.29, 1.82) is 0 Å². The fourth-order valence-corrected chi connectivity index (χ4v) is 2.42. The zero-order valence-electron chi connectivity index (χ0n) is 14.6. The average Bonchev–Trinajstić information content (AvgIpc) is 2.61. The van der Waals surface area contributed by atoms with Gasteiger partial charge in [-0.3, -0.25) is 0 Å². The molecule has 0 saturated heterocycles. The van der Waals surface area contributed by atoms with Crippen LogP contribution >= 0.6 is 36.4 Å². The molecule has 2 aromatic rings. The Hall–Kier alpha value is -1.01. The van der Waals surface area contributed by atoms with Crippen LogP contribution in [-0.2, 0) is 13.2 Å². The number of nitrogens with one attached hydrogen (secondary N) is 2. The van der Waals surface area contributed by atoms with Gasteiger partial charge in [-0.25, -0.2) is 0 Å². The third-order valence-corrected chi connectivity index (χ3v) is 3.84. The Labute approximate surface area is 173 Å². The average molecular weight is 422 g/mol. The highest BCUT2D eigenvalue weighted by Gasteiger charge is 2.03. The number of hydrogen-bond donors (Lipinski definition) is 3. The molecular formula is C19H27Cl3N2O2. The lowest BCUT2D eigenvalue weighted by molar-refractivity contribution is 0.292. The van der Waals surface area contributed by atoms with E-state index >= 15 is 0 Å². The van der Waals surface area contributed by atoms with Crippen molar-refractivity contribution in [2.75, 3.05) is 26.2 Å². The second-order valence-electron chi connectivity index (χ2n) is 5.53. The van der Waals surface area contributed by atoms with Crippen molar-refractivity contribution >= 4 is 36.4 Å². The van der Waals surface area contributed by atoms with Crippen LogP contribution in [0.15, 0.2) is 48.5 Å². The van der Waals surface area contributed by atoms with Gasteiger partial charge >= 0.3 is 0 Å². The van der Waals surface area contributed by atoms with E-state index in [1.165, 1.54) is 0 Å². The molecule has 0 heterocycles. The van der Waals surface area contributed by atoms with Crippen molar-refractivity contribution in [3.8, 4) is 5.75 Å². The molecule has 2 aromatic carbocycles. The van der Waals surface area contributed by atoms with Gasteiger partial charge in [-0.05, 0) is 43.3 Å². The predicted octanol–water partition coefficient (Wildman–Crippen LogP) is 3.82. The maximum atomic E-state index is 8.70. The summed E-state index contributed by atoms with van der Waals surface area (Å²) in [6.07, 6.45) is 1.02. The molecule has 0 unspecified atom stereocenters. The molecule has 4 nitrogen and oxygen atoms in total. The maximum absolute atomic E-state index is 8.70. The summed E-state index contributed by atoms with van der Waals surface area (Å²) < 4.78 is 5.95. The van der Waals surface area contributed by atoms with Crippen LogP contribution in [0.4, 0.5) is 0 Å². The number of aliphatic hydroxyl groups is 1. The van der Waals surface area contributed by atoms with Gasteiger partial charge in [0.15, 0.2) is 0 Å². The van der Waals surface area contributed by atoms with Crippen molar-refractivity contribution in [2.24, 2.45) is 0 Å². The molecule has 3 N–H and O–H groups in total. The van der Waals surface area contributed by atoms with Crippen LogP contribution in [0.1, 0.15) is 17.5 Å². The van der Waals surface area contributed by atoms with E-state index in [2.05, 4.69) is 16.7 Å². The summed E-state index contributed by atoms with van der Waals surface area (Å²) in [5.41, 5.74) is 2.24. The molecule has 0 aromatic heterocycles. The van der Waals surface area contributed by atoms with E-state index in [1.807, 2.05) is 42.5 Å². The van der Waals surface area contributed by atoms with Crippen LogP contribution < -0.4 is 15.4 Å². The Morgan fingerprint density at radius 1 is 0.885 bits per heavy atom. The predicted molar refractivity (Wildman–Crippen MR) is 113 cm³/mol. The second kappa shape index (κ2) is 15.1. The molecule has 0 atom stereocenters. The van der Waals surface area contributed by atoms with E-state index in [1.54, 1.807) is 0 Å². The Kier molecular flexibility index (Phi) is 14.5. The first kappa shape index (κ1) is 25.0. The van der Waals surface area contributed by atoms with E-state index in [9.17, 15) is 0 Å². The smallest absolute Gasteiger partial charge is 0.124 e. The number of halogens is 3. The highest BCUT2D eigenvalue weighted by molar-refractivity contribution is 6.30. The summed E-state index contributed by atoms with van der Waals surface area (Å²) >= 11 is 5.90. The van der Waals surface area contributed by atoms with Gasteiger partial charge in [-0.15, -0.1) is 24.8 Å². The fourth-order valence-electron chi connectivity index (χ4n) is 2.30. The first-order valence-electron chi connectivity index (χ1n) is 8.27. The van der Waals surface area contributed by atoms with Crippen molar-refractivity contribution in [1.82, 2.24) is 10.6 Å². The molecule has 146 valence electrons. The lowest BCUT2D eigenvalue weighted by Crippen LogP contribution is -2.24. The summed E-state index contributed by atoms with van der Waals surface area (Å²) in [4.78, 5) is 0. The Balaban J connectivity index is 0.00000312. The molecular weight excluding hydrogens is 395 g/mol. The first-order valence-corrected chi connectivity index (χ1v) is 8.65. The van der Waals surface area contributed by atoms with E-state index in [-0.39, 0.29) is 31.4 Å². The molecule has 0 radical (unpaired) electrons. The molecule has 0 aliphatic heterocycles. The fraction of sp³-hybridized carbons (Fsp3) is 0.368. The van der Waals surface area contributed by atoms with Crippen LogP contribution in [0.5, 0.6) is 5.75 Å². The summed E-state index contributed by atoms with van der Waals surface area (Å²) in [5.74, 6) is 0.901. The molecule has 7 heteroatoms. The van der Waals surface area contributed by atoms with Gasteiger partial charge in [-0.1, -0.05) is 41.9 Å². The van der Waals surface area contributed by atoms with Crippen molar-refractivity contribution < 1.29 is 9.84 Å². The minimum Gasteiger partial charge on any atom is -0.489 e. The van der Waals surface area contributed by atoms with Gasteiger partial charge in [-0.2, -0.15) is 0 Å². The van der Waals surface area contributed by atoms with Crippen LogP contribution in [-0.4, -0.2) is 31.3 Å². The molecule has 2 rings (SSSR count). The third-order valence-electron chi connectivity index (χ3n) is 3.59. The minimum absolute atomic E-state index is 0. The molecule has 0 amide bonds. The van der Waals surface area contributed by atoms with E-state index in [4.69, 9.17) is 21.4 Å². The highest BCUT2D eigenvalue weighted by atomic mass is 35.5. The first-order chi connectivity index (χ1) is 11.8. The Morgan fingerprint density at radius 3 is 2.31 bits per heavy atom. The summed E-state index contributed by atoms with van der Waals surface area (Å²) in [6.45, 7) is 3.97. The lowest BCUT2D eigenvalue weighted by atomic mass is 10.2. The van der Waals surface area contributed by atoms with E-state index < -0.39 is 0 Å². The van der Waals surface area contributed by atoms with Crippen LogP contribution in [0.3, 0.4) is 0 Å². The van der Waals surface area contributed by atoms with E-state index in [0.717, 1.165) is 48.0 Å². The van der Waals surface area contributed by atoms with Crippen LogP contribution in [0.25, 0.3) is 0 Å². The number of ether oxygens (including phenoxy) is 1. The number of aliphatic hydroxyl groups excluding tert-OH is 1. The quantitative estimate of drug-likeness (QED) is 0.483. The Bertz CT molecular complexity index is 598. The molecule has 0 spiro atoms. The largest absolute Gasteiger partial charge is 0.489 e. The molecule has 0 saturated carbocycles. The number of benzene rings is 2. The van der Waals surface area contributed by atoms with Gasteiger partial charge < -0.3 is 20.5 Å². The van der Waals surface area contributed by atoms with Crippen molar-refractivity contribution in [3.05, 3.63) is 64.7 Å². The molecule has 0 fully saturated rings. The maximum Gasteiger partial charge on any atom is 0.124 e. The molecule has 0 aliphatic rings. The zero-order chi connectivity index (χ0) is 17.0. The number of hydrogen-bond acceptors (Lipinski definition) is 4. The third kappa shape index (κ3) is 9.62. The Morgan fingerprint density at radius 2 is 1.58 bits per heavy atom. The van der Waals surface area contributed by atoms with Gasteiger partial charge in [0.1, 0.15) is 12.4 Å². The monoisotopic (exact) mass is 420 g/mol. The molecule has 0 aliphatic carbocycles. The van der Waals surface area contributed by atoms with Gasteiger partial charge in [0.25, 0.3) is 0 Å². The molecule has 26 heavy (non-hydrogen) atoms. The lowest BCUT2D eigenvalue weighted by Gasteiger charge is -2.12. The molecule has 0 bridgehead atoms. The van der Waals surface area contributed by atoms with Crippen molar-refractivity contribution in [2.45, 2.75) is 19.6 Å². The highest BCUT2D eigenvalue weighted by Crippen LogP contribution is 2.19. The second-order valence-corrected chi connectivity index (χ2v) is 5.96. The minimum atomic E-state index is 0. The standard InChI is InChI=1S/C19H25ClN2O2.2ClH/c20-18-8-6-16(7-9-18)15-24-19-5-2-1-4-17(19)14-22-11-3-10-21-12-13-23;;/h1-2,4-9,21-23H,3,10-15H2;2*1H.